The third-order valence-electron chi connectivity index (χ3n) is 3.90. The molecule has 0 N–H and O–H groups in total. The summed E-state index contributed by atoms with van der Waals surface area (Å²) in [5.74, 6) is -0.296. The van der Waals surface area contributed by atoms with E-state index in [1.54, 1.807) is 0 Å². The van der Waals surface area contributed by atoms with Crippen LogP contribution in [0.5, 0.6) is 0 Å². The van der Waals surface area contributed by atoms with Gasteiger partial charge in [0.1, 0.15) is 6.61 Å². The van der Waals surface area contributed by atoms with Crippen LogP contribution in [0.3, 0.4) is 0 Å². The van der Waals surface area contributed by atoms with Gasteiger partial charge in [-0.2, -0.15) is 0 Å². The lowest BCUT2D eigenvalue weighted by Crippen LogP contribution is -2.37. The van der Waals surface area contributed by atoms with Crippen molar-refractivity contribution in [1.82, 2.24) is 0 Å². The van der Waals surface area contributed by atoms with Gasteiger partial charge in [-0.1, -0.05) is 48.5 Å². The minimum absolute atomic E-state index is 0.255. The van der Waals surface area contributed by atoms with Gasteiger partial charge in [-0.05, 0) is 23.8 Å². The fraction of sp³-hybridized carbons (Fsp3) is 0.250. The van der Waals surface area contributed by atoms with Crippen LogP contribution in [0.25, 0.3) is 6.08 Å². The van der Waals surface area contributed by atoms with E-state index < -0.39 is 0 Å². The molecule has 4 nitrogen and oxygen atoms in total. The molecule has 0 saturated carbocycles. The Morgan fingerprint density at radius 2 is 1.75 bits per heavy atom. The van der Waals surface area contributed by atoms with Crippen molar-refractivity contribution in [2.45, 2.75) is 0 Å². The van der Waals surface area contributed by atoms with Crippen molar-refractivity contribution in [1.29, 1.82) is 0 Å². The molecule has 0 spiro atoms. The molecule has 24 heavy (non-hydrogen) atoms. The average Bonchev–Trinajstić information content (AvgIpc) is 2.66. The normalized spacial score (nSPS) is 14.8. The molecule has 0 atom stereocenters. The SMILES string of the molecule is O=C(OCC=Cc1ccccc1)c1ccccc1N1CCOCC1. The molecule has 3 rings (SSSR count). The number of hydrogen-bond acceptors (Lipinski definition) is 4. The van der Waals surface area contributed by atoms with E-state index in [0.29, 0.717) is 18.8 Å². The van der Waals surface area contributed by atoms with Crippen LogP contribution >= 0.6 is 0 Å². The molecule has 1 aliphatic rings. The number of carbonyl (C=O) groups excluding carboxylic acids is 1. The molecule has 0 radical (unpaired) electrons. The van der Waals surface area contributed by atoms with Crippen molar-refractivity contribution in [3.8, 4) is 0 Å². The number of esters is 1. The first-order valence-electron chi connectivity index (χ1n) is 8.15. The largest absolute Gasteiger partial charge is 0.458 e. The standard InChI is InChI=1S/C20H21NO3/c22-20(24-14-6-9-17-7-2-1-3-8-17)18-10-4-5-11-19(18)21-12-15-23-16-13-21/h1-11H,12-16H2. The van der Waals surface area contributed by atoms with Gasteiger partial charge in [0.15, 0.2) is 0 Å². The number of morpholine rings is 1. The monoisotopic (exact) mass is 323 g/mol. The van der Waals surface area contributed by atoms with Crippen LogP contribution in [-0.4, -0.2) is 38.9 Å². The van der Waals surface area contributed by atoms with Crippen LogP contribution in [0.1, 0.15) is 15.9 Å². The van der Waals surface area contributed by atoms with Crippen molar-refractivity contribution >= 4 is 17.7 Å². The summed E-state index contributed by atoms with van der Waals surface area (Å²) in [6, 6.07) is 17.5. The number of hydrogen-bond donors (Lipinski definition) is 0. The Bertz CT molecular complexity index is 691. The molecule has 0 aliphatic carbocycles. The minimum atomic E-state index is -0.296. The highest BCUT2D eigenvalue weighted by Crippen LogP contribution is 2.22. The molecule has 1 saturated heterocycles. The molecule has 1 heterocycles. The molecule has 2 aromatic rings. The number of para-hydroxylation sites is 1. The highest BCUT2D eigenvalue weighted by molar-refractivity contribution is 5.96. The number of anilines is 1. The van der Waals surface area contributed by atoms with Crippen LogP contribution in [0.15, 0.2) is 60.7 Å². The van der Waals surface area contributed by atoms with E-state index >= 15 is 0 Å². The van der Waals surface area contributed by atoms with Gasteiger partial charge in [-0.15, -0.1) is 0 Å². The van der Waals surface area contributed by atoms with Crippen LogP contribution in [-0.2, 0) is 9.47 Å². The maximum atomic E-state index is 12.4. The summed E-state index contributed by atoms with van der Waals surface area (Å²) < 4.78 is 10.8. The van der Waals surface area contributed by atoms with Gasteiger partial charge >= 0.3 is 5.97 Å². The fourth-order valence-corrected chi connectivity index (χ4v) is 2.68. The summed E-state index contributed by atoms with van der Waals surface area (Å²) in [6.07, 6.45) is 3.80. The van der Waals surface area contributed by atoms with Crippen LogP contribution < -0.4 is 4.90 Å². The van der Waals surface area contributed by atoms with Gasteiger partial charge < -0.3 is 14.4 Å². The van der Waals surface area contributed by atoms with E-state index in [1.165, 1.54) is 0 Å². The summed E-state index contributed by atoms with van der Waals surface area (Å²) in [7, 11) is 0. The van der Waals surface area contributed by atoms with E-state index in [4.69, 9.17) is 9.47 Å². The number of nitrogens with zero attached hydrogens (tertiary/aromatic N) is 1. The minimum Gasteiger partial charge on any atom is -0.458 e. The second kappa shape index (κ2) is 8.31. The molecule has 0 aromatic heterocycles. The Morgan fingerprint density at radius 1 is 1.04 bits per heavy atom. The van der Waals surface area contributed by atoms with Crippen molar-refractivity contribution in [3.63, 3.8) is 0 Å². The lowest BCUT2D eigenvalue weighted by Gasteiger charge is -2.30. The third kappa shape index (κ3) is 4.24. The predicted molar refractivity (Wildman–Crippen MR) is 95.2 cm³/mol. The Balaban J connectivity index is 1.61. The molecular weight excluding hydrogens is 302 g/mol. The Hall–Kier alpha value is -2.59. The Labute approximate surface area is 142 Å². The van der Waals surface area contributed by atoms with E-state index in [1.807, 2.05) is 66.7 Å². The second-order valence-corrected chi connectivity index (χ2v) is 5.53. The highest BCUT2D eigenvalue weighted by atomic mass is 16.5. The van der Waals surface area contributed by atoms with Crippen molar-refractivity contribution < 1.29 is 14.3 Å². The molecule has 0 bridgehead atoms. The summed E-state index contributed by atoms with van der Waals surface area (Å²) in [5, 5.41) is 0. The summed E-state index contributed by atoms with van der Waals surface area (Å²) in [6.45, 7) is 3.20. The zero-order chi connectivity index (χ0) is 16.6. The number of carbonyl (C=O) groups is 1. The average molecular weight is 323 g/mol. The van der Waals surface area contributed by atoms with E-state index in [2.05, 4.69) is 4.90 Å². The number of rotatable bonds is 5. The third-order valence-corrected chi connectivity index (χ3v) is 3.90. The highest BCUT2D eigenvalue weighted by Gasteiger charge is 2.18. The molecule has 0 unspecified atom stereocenters. The molecule has 0 amide bonds. The molecule has 2 aromatic carbocycles. The van der Waals surface area contributed by atoms with E-state index in [9.17, 15) is 4.79 Å². The molecule has 1 fully saturated rings. The zero-order valence-electron chi connectivity index (χ0n) is 13.6. The van der Waals surface area contributed by atoms with Gasteiger partial charge in [0.05, 0.1) is 24.5 Å². The maximum absolute atomic E-state index is 12.4. The first-order chi connectivity index (χ1) is 11.8. The second-order valence-electron chi connectivity index (χ2n) is 5.53. The van der Waals surface area contributed by atoms with Gasteiger partial charge in [0.2, 0.25) is 0 Å². The van der Waals surface area contributed by atoms with Gasteiger partial charge in [0.25, 0.3) is 0 Å². The quantitative estimate of drug-likeness (QED) is 0.791. The zero-order valence-corrected chi connectivity index (χ0v) is 13.6. The summed E-state index contributed by atoms with van der Waals surface area (Å²) in [5.41, 5.74) is 2.60. The fourth-order valence-electron chi connectivity index (χ4n) is 2.68. The molecule has 124 valence electrons. The van der Waals surface area contributed by atoms with E-state index in [-0.39, 0.29) is 12.6 Å². The number of ether oxygens (including phenoxy) is 2. The summed E-state index contributed by atoms with van der Waals surface area (Å²) >= 11 is 0. The van der Waals surface area contributed by atoms with E-state index in [0.717, 1.165) is 24.3 Å². The van der Waals surface area contributed by atoms with Crippen LogP contribution in [0.4, 0.5) is 5.69 Å². The number of benzene rings is 2. The maximum Gasteiger partial charge on any atom is 0.340 e. The smallest absolute Gasteiger partial charge is 0.340 e. The lowest BCUT2D eigenvalue weighted by molar-refractivity contribution is 0.0550. The van der Waals surface area contributed by atoms with Crippen molar-refractivity contribution in [2.24, 2.45) is 0 Å². The molecule has 1 aliphatic heterocycles. The molecular formula is C20H21NO3. The Kier molecular flexibility index (Phi) is 5.64. The summed E-state index contributed by atoms with van der Waals surface area (Å²) in [4.78, 5) is 14.6. The topological polar surface area (TPSA) is 38.8 Å². The molecule has 4 heteroatoms. The first kappa shape index (κ1) is 16.3. The first-order valence-corrected chi connectivity index (χ1v) is 8.15. The van der Waals surface area contributed by atoms with Gasteiger partial charge in [-0.3, -0.25) is 0 Å². The van der Waals surface area contributed by atoms with Crippen molar-refractivity contribution in [2.75, 3.05) is 37.8 Å². The van der Waals surface area contributed by atoms with Gasteiger partial charge in [-0.25, -0.2) is 4.79 Å². The van der Waals surface area contributed by atoms with Crippen LogP contribution in [0, 0.1) is 0 Å². The Morgan fingerprint density at radius 3 is 2.54 bits per heavy atom. The van der Waals surface area contributed by atoms with Crippen molar-refractivity contribution in [3.05, 3.63) is 71.8 Å². The van der Waals surface area contributed by atoms with Gasteiger partial charge in [0, 0.05) is 13.1 Å². The lowest BCUT2D eigenvalue weighted by atomic mass is 10.1. The predicted octanol–water partition coefficient (Wildman–Crippen LogP) is 3.39. The van der Waals surface area contributed by atoms with Crippen LogP contribution in [0.2, 0.25) is 0 Å².